The molecule has 0 fully saturated rings. The van der Waals surface area contributed by atoms with Crippen LogP contribution in [0.15, 0.2) is 39.8 Å². The Morgan fingerprint density at radius 1 is 1.47 bits per heavy atom. The molecule has 1 aromatic carbocycles. The van der Waals surface area contributed by atoms with Crippen LogP contribution in [-0.4, -0.2) is 12.2 Å². The summed E-state index contributed by atoms with van der Waals surface area (Å²) in [5.41, 5.74) is 2.83. The van der Waals surface area contributed by atoms with E-state index in [4.69, 9.17) is 21.4 Å². The molecule has 0 amide bonds. The molecule has 2 rings (SSSR count). The first-order chi connectivity index (χ1) is 9.11. The number of hydrogen-bond donors (Lipinski definition) is 2. The Hall–Kier alpha value is -1.46. The van der Waals surface area contributed by atoms with E-state index in [0.29, 0.717) is 11.6 Å². The number of ether oxygens (including phenoxy) is 1. The van der Waals surface area contributed by atoms with Crippen LogP contribution in [0.1, 0.15) is 16.9 Å². The van der Waals surface area contributed by atoms with E-state index in [-0.39, 0.29) is 0 Å². The first-order valence-corrected chi connectivity index (χ1v) is 6.65. The van der Waals surface area contributed by atoms with Crippen molar-refractivity contribution in [1.82, 2.24) is 0 Å². The molecule has 2 aromatic rings. The molecule has 1 N–H and O–H groups in total. The predicted molar refractivity (Wildman–Crippen MR) is 83.2 cm³/mol. The van der Waals surface area contributed by atoms with E-state index >= 15 is 0 Å². The quantitative estimate of drug-likeness (QED) is 0.663. The fraction of sp³-hybridized carbons (Fsp3) is 0.214. The van der Waals surface area contributed by atoms with E-state index in [0.717, 1.165) is 27.5 Å². The van der Waals surface area contributed by atoms with Crippen molar-refractivity contribution in [3.8, 4) is 0 Å². The minimum Gasteiger partial charge on any atom is -0.486 e. The molecule has 1 aromatic heterocycles. The van der Waals surface area contributed by atoms with Crippen molar-refractivity contribution in [3.63, 3.8) is 0 Å². The molecule has 19 heavy (non-hydrogen) atoms. The third-order valence-electron chi connectivity index (χ3n) is 2.77. The highest BCUT2D eigenvalue weighted by molar-refractivity contribution is 7.80. The molecule has 0 aliphatic heterocycles. The van der Waals surface area contributed by atoms with Crippen molar-refractivity contribution in [3.05, 3.63) is 47.4 Å². The van der Waals surface area contributed by atoms with Crippen LogP contribution in [0.2, 0.25) is 0 Å². The number of aryl methyl sites for hydroxylation is 1. The van der Waals surface area contributed by atoms with Gasteiger partial charge in [0.25, 0.3) is 0 Å². The Morgan fingerprint density at radius 3 is 2.89 bits per heavy atom. The monoisotopic (exact) mass is 293 g/mol. The summed E-state index contributed by atoms with van der Waals surface area (Å²) in [4.78, 5) is 0.887. The molecule has 0 radical (unpaired) electrons. The Balaban J connectivity index is 2.26. The van der Waals surface area contributed by atoms with Crippen LogP contribution in [0.4, 0.5) is 5.69 Å². The second-order valence-electron chi connectivity index (χ2n) is 4.11. The van der Waals surface area contributed by atoms with Gasteiger partial charge in [0.15, 0.2) is 5.05 Å². The zero-order chi connectivity index (χ0) is 13.8. The molecule has 3 nitrogen and oxygen atoms in total. The molecule has 0 spiro atoms. The highest BCUT2D eigenvalue weighted by Crippen LogP contribution is 2.25. The smallest absolute Gasteiger partial charge is 0.193 e. The molecule has 0 bridgehead atoms. The van der Waals surface area contributed by atoms with Gasteiger partial charge in [-0.2, -0.15) is 0 Å². The summed E-state index contributed by atoms with van der Waals surface area (Å²) in [6, 6.07) is 7.70. The Labute approximate surface area is 123 Å². The van der Waals surface area contributed by atoms with Gasteiger partial charge in [0.1, 0.15) is 5.76 Å². The Morgan fingerprint density at radius 2 is 2.26 bits per heavy atom. The van der Waals surface area contributed by atoms with Gasteiger partial charge in [0, 0.05) is 10.6 Å². The van der Waals surface area contributed by atoms with E-state index < -0.39 is 0 Å². The van der Waals surface area contributed by atoms with Crippen LogP contribution in [0, 0.1) is 6.92 Å². The average Bonchev–Trinajstić information content (AvgIpc) is 2.92. The van der Waals surface area contributed by atoms with Gasteiger partial charge in [-0.05, 0) is 49.0 Å². The van der Waals surface area contributed by atoms with Crippen molar-refractivity contribution in [2.45, 2.75) is 18.4 Å². The second kappa shape index (κ2) is 6.12. The van der Waals surface area contributed by atoms with Crippen molar-refractivity contribution < 1.29 is 9.15 Å². The number of furan rings is 1. The summed E-state index contributed by atoms with van der Waals surface area (Å²) in [6.07, 6.45) is 1.65. The van der Waals surface area contributed by atoms with Gasteiger partial charge in [0.05, 0.1) is 25.5 Å². The summed E-state index contributed by atoms with van der Waals surface area (Å²) < 4.78 is 10.4. The number of thiol groups is 1. The zero-order valence-corrected chi connectivity index (χ0v) is 12.5. The average molecular weight is 293 g/mol. The van der Waals surface area contributed by atoms with Gasteiger partial charge in [0.2, 0.25) is 0 Å². The first-order valence-electron chi connectivity index (χ1n) is 5.80. The number of rotatable bonds is 4. The SMILES string of the molecule is COC(=S)c1cc(S)c(C)cc1NCc1ccco1. The number of thiocarbonyl (C=S) groups is 1. The van der Waals surface area contributed by atoms with Crippen LogP contribution in [0.3, 0.4) is 0 Å². The summed E-state index contributed by atoms with van der Waals surface area (Å²) in [5.74, 6) is 0.863. The molecule has 1 heterocycles. The third-order valence-corrected chi connectivity index (χ3v) is 3.64. The lowest BCUT2D eigenvalue weighted by atomic mass is 10.1. The van der Waals surface area contributed by atoms with Gasteiger partial charge >= 0.3 is 0 Å². The molecule has 5 heteroatoms. The fourth-order valence-corrected chi connectivity index (χ4v) is 2.08. The molecule has 0 saturated heterocycles. The lowest BCUT2D eigenvalue weighted by Gasteiger charge is -2.14. The molecular weight excluding hydrogens is 278 g/mol. The maximum Gasteiger partial charge on any atom is 0.193 e. The Kier molecular flexibility index (Phi) is 4.50. The summed E-state index contributed by atoms with van der Waals surface area (Å²) in [7, 11) is 1.57. The molecule has 100 valence electrons. The molecule has 0 aliphatic carbocycles. The minimum atomic E-state index is 0.442. The van der Waals surface area contributed by atoms with Crippen molar-refractivity contribution >= 4 is 35.6 Å². The number of hydrogen-bond acceptors (Lipinski definition) is 5. The second-order valence-corrected chi connectivity index (χ2v) is 4.96. The van der Waals surface area contributed by atoms with Crippen LogP contribution in [0.25, 0.3) is 0 Å². The van der Waals surface area contributed by atoms with Gasteiger partial charge < -0.3 is 14.5 Å². The standard InChI is InChI=1S/C14H15NO2S2/c1-9-6-12(15-8-10-4-3-5-17-10)11(7-13(9)18)14(19)16-2/h3-7,15,18H,8H2,1-2H3. The van der Waals surface area contributed by atoms with Crippen LogP contribution >= 0.6 is 24.8 Å². The molecule has 0 aliphatic rings. The maximum atomic E-state index is 5.29. The lowest BCUT2D eigenvalue weighted by Crippen LogP contribution is -2.08. The van der Waals surface area contributed by atoms with Crippen LogP contribution < -0.4 is 5.32 Å². The van der Waals surface area contributed by atoms with Gasteiger partial charge in [-0.3, -0.25) is 0 Å². The van der Waals surface area contributed by atoms with E-state index in [1.165, 1.54) is 0 Å². The van der Waals surface area contributed by atoms with E-state index in [1.807, 2.05) is 31.2 Å². The topological polar surface area (TPSA) is 34.4 Å². The number of nitrogens with one attached hydrogen (secondary N) is 1. The molecule has 0 saturated carbocycles. The Bertz CT molecular complexity index is 579. The summed E-state index contributed by atoms with van der Waals surface area (Å²) in [6.45, 7) is 2.59. The summed E-state index contributed by atoms with van der Waals surface area (Å²) in [5, 5.41) is 3.75. The zero-order valence-electron chi connectivity index (χ0n) is 10.8. The van der Waals surface area contributed by atoms with Crippen LogP contribution in [0.5, 0.6) is 0 Å². The van der Waals surface area contributed by atoms with Gasteiger partial charge in [-0.25, -0.2) is 0 Å². The van der Waals surface area contributed by atoms with Gasteiger partial charge in [-0.1, -0.05) is 0 Å². The van der Waals surface area contributed by atoms with Crippen molar-refractivity contribution in [1.29, 1.82) is 0 Å². The lowest BCUT2D eigenvalue weighted by molar-refractivity contribution is 0.416. The number of methoxy groups -OCH3 is 1. The molecular formula is C14H15NO2S2. The van der Waals surface area contributed by atoms with Crippen molar-refractivity contribution in [2.24, 2.45) is 0 Å². The van der Waals surface area contributed by atoms with Gasteiger partial charge in [-0.15, -0.1) is 12.6 Å². The predicted octanol–water partition coefficient (Wildman–Crippen LogP) is 3.81. The van der Waals surface area contributed by atoms with E-state index in [1.54, 1.807) is 13.4 Å². The number of anilines is 1. The highest BCUT2D eigenvalue weighted by atomic mass is 32.1. The van der Waals surface area contributed by atoms with Crippen LogP contribution in [-0.2, 0) is 11.3 Å². The van der Waals surface area contributed by atoms with E-state index in [2.05, 4.69) is 17.9 Å². The first kappa shape index (κ1) is 14.0. The molecule has 0 atom stereocenters. The van der Waals surface area contributed by atoms with Crippen molar-refractivity contribution in [2.75, 3.05) is 12.4 Å². The largest absolute Gasteiger partial charge is 0.486 e. The van der Waals surface area contributed by atoms with E-state index in [9.17, 15) is 0 Å². The molecule has 0 unspecified atom stereocenters. The third kappa shape index (κ3) is 3.30. The minimum absolute atomic E-state index is 0.442. The highest BCUT2D eigenvalue weighted by Gasteiger charge is 2.11. The number of benzene rings is 1. The summed E-state index contributed by atoms with van der Waals surface area (Å²) >= 11 is 9.62. The maximum absolute atomic E-state index is 5.29. The normalized spacial score (nSPS) is 10.3. The fourth-order valence-electron chi connectivity index (χ4n) is 1.72.